The monoisotopic (exact) mass is 350 g/mol. The van der Waals surface area contributed by atoms with Gasteiger partial charge in [0.15, 0.2) is 4.90 Å². The standard InChI is InChI=1S/C16H18N2O5S/c1-12-6-4-5-7-13(12)11-17(2)24(21,22)16-9-8-14(23-3)10-15(16)18(19)20/h4-10H,11H2,1-3H3. The highest BCUT2D eigenvalue weighted by Gasteiger charge is 2.30. The minimum absolute atomic E-state index is 0.123. The molecule has 128 valence electrons. The second-order valence-electron chi connectivity index (χ2n) is 5.28. The summed E-state index contributed by atoms with van der Waals surface area (Å²) in [4.78, 5) is 10.2. The molecule has 0 aliphatic heterocycles. The van der Waals surface area contributed by atoms with Crippen LogP contribution < -0.4 is 4.74 Å². The van der Waals surface area contributed by atoms with E-state index in [0.29, 0.717) is 0 Å². The number of nitrogens with zero attached hydrogens (tertiary/aromatic N) is 2. The van der Waals surface area contributed by atoms with E-state index >= 15 is 0 Å². The van der Waals surface area contributed by atoms with Crippen molar-refractivity contribution >= 4 is 15.7 Å². The van der Waals surface area contributed by atoms with E-state index in [2.05, 4.69) is 0 Å². The lowest BCUT2D eigenvalue weighted by Gasteiger charge is -2.18. The summed E-state index contributed by atoms with van der Waals surface area (Å²) in [6.07, 6.45) is 0. The van der Waals surface area contributed by atoms with E-state index in [1.165, 1.54) is 26.3 Å². The van der Waals surface area contributed by atoms with Crippen molar-refractivity contribution in [1.29, 1.82) is 0 Å². The van der Waals surface area contributed by atoms with Crippen LogP contribution in [0.2, 0.25) is 0 Å². The minimum Gasteiger partial charge on any atom is -0.497 e. The summed E-state index contributed by atoms with van der Waals surface area (Å²) in [5.74, 6) is 0.224. The molecule has 24 heavy (non-hydrogen) atoms. The number of methoxy groups -OCH3 is 1. The number of sulfonamides is 1. The number of nitro groups is 1. The Morgan fingerprint density at radius 3 is 2.46 bits per heavy atom. The maximum Gasteiger partial charge on any atom is 0.293 e. The van der Waals surface area contributed by atoms with Crippen molar-refractivity contribution in [2.45, 2.75) is 18.4 Å². The maximum absolute atomic E-state index is 12.8. The van der Waals surface area contributed by atoms with E-state index in [1.54, 1.807) is 0 Å². The molecule has 0 bridgehead atoms. The van der Waals surface area contributed by atoms with Crippen LogP contribution in [-0.4, -0.2) is 31.8 Å². The predicted molar refractivity (Wildman–Crippen MR) is 89.5 cm³/mol. The van der Waals surface area contributed by atoms with E-state index < -0.39 is 20.6 Å². The molecule has 0 fully saturated rings. The molecule has 2 aromatic rings. The molecule has 0 saturated heterocycles. The lowest BCUT2D eigenvalue weighted by Crippen LogP contribution is -2.27. The molecule has 0 unspecified atom stereocenters. The van der Waals surface area contributed by atoms with E-state index in [4.69, 9.17) is 4.74 Å². The summed E-state index contributed by atoms with van der Waals surface area (Å²) in [6.45, 7) is 2.00. The van der Waals surface area contributed by atoms with Crippen molar-refractivity contribution in [2.75, 3.05) is 14.2 Å². The number of hydrogen-bond donors (Lipinski definition) is 0. The Labute approximate surface area is 140 Å². The highest BCUT2D eigenvalue weighted by atomic mass is 32.2. The molecule has 8 heteroatoms. The lowest BCUT2D eigenvalue weighted by atomic mass is 10.1. The minimum atomic E-state index is -4.02. The summed E-state index contributed by atoms with van der Waals surface area (Å²) in [5.41, 5.74) is 1.27. The smallest absolute Gasteiger partial charge is 0.293 e. The van der Waals surface area contributed by atoms with Crippen molar-refractivity contribution in [3.05, 3.63) is 63.7 Å². The first-order valence-electron chi connectivity index (χ1n) is 7.10. The molecule has 0 heterocycles. The molecule has 2 aromatic carbocycles. The SMILES string of the molecule is COc1ccc(S(=O)(=O)N(C)Cc2ccccc2C)c([N+](=O)[O-])c1. The first-order valence-corrected chi connectivity index (χ1v) is 8.54. The fourth-order valence-corrected chi connectivity index (χ4v) is 3.55. The van der Waals surface area contributed by atoms with Gasteiger partial charge in [0.05, 0.1) is 18.1 Å². The number of rotatable bonds is 6. The average Bonchev–Trinajstić information content (AvgIpc) is 2.56. The fraction of sp³-hybridized carbons (Fsp3) is 0.250. The van der Waals surface area contributed by atoms with Crippen molar-refractivity contribution in [1.82, 2.24) is 4.31 Å². The molecule has 0 saturated carbocycles. The fourth-order valence-electron chi connectivity index (χ4n) is 2.27. The van der Waals surface area contributed by atoms with Crippen LogP contribution in [0.1, 0.15) is 11.1 Å². The number of ether oxygens (including phenoxy) is 1. The molecular weight excluding hydrogens is 332 g/mol. The second-order valence-corrected chi connectivity index (χ2v) is 7.29. The Kier molecular flexibility index (Phi) is 5.20. The van der Waals surface area contributed by atoms with E-state index in [1.807, 2.05) is 31.2 Å². The number of benzene rings is 2. The van der Waals surface area contributed by atoms with Crippen LogP contribution in [0.4, 0.5) is 5.69 Å². The van der Waals surface area contributed by atoms with E-state index in [9.17, 15) is 18.5 Å². The summed E-state index contributed by atoms with van der Waals surface area (Å²) in [7, 11) is -1.26. The lowest BCUT2D eigenvalue weighted by molar-refractivity contribution is -0.387. The summed E-state index contributed by atoms with van der Waals surface area (Å²) in [6, 6.07) is 11.1. The maximum atomic E-state index is 12.8. The van der Waals surface area contributed by atoms with Gasteiger partial charge < -0.3 is 4.74 Å². The molecular formula is C16H18N2O5S. The van der Waals surface area contributed by atoms with Gasteiger partial charge in [-0.25, -0.2) is 8.42 Å². The third-order valence-corrected chi connectivity index (χ3v) is 5.56. The predicted octanol–water partition coefficient (Wildman–Crippen LogP) is 2.73. The average molecular weight is 350 g/mol. The Hall–Kier alpha value is -2.45. The summed E-state index contributed by atoms with van der Waals surface area (Å²) < 4.78 is 31.5. The first-order chi connectivity index (χ1) is 11.3. The molecule has 0 aromatic heterocycles. The zero-order chi connectivity index (χ0) is 17.9. The van der Waals surface area contributed by atoms with Crippen molar-refractivity contribution in [3.63, 3.8) is 0 Å². The Balaban J connectivity index is 2.43. The van der Waals surface area contributed by atoms with Gasteiger partial charge in [0, 0.05) is 13.6 Å². The highest BCUT2D eigenvalue weighted by molar-refractivity contribution is 7.89. The first kappa shape index (κ1) is 17.9. The molecule has 0 spiro atoms. The summed E-state index contributed by atoms with van der Waals surface area (Å²) in [5, 5.41) is 11.2. The number of hydrogen-bond acceptors (Lipinski definition) is 5. The van der Waals surface area contributed by atoms with Crippen LogP contribution >= 0.6 is 0 Å². The molecule has 0 aliphatic rings. The van der Waals surface area contributed by atoms with Gasteiger partial charge in [-0.1, -0.05) is 24.3 Å². The molecule has 0 atom stereocenters. The molecule has 0 radical (unpaired) electrons. The van der Waals surface area contributed by atoms with Crippen molar-refractivity contribution in [2.24, 2.45) is 0 Å². The van der Waals surface area contributed by atoms with Gasteiger partial charge in [-0.3, -0.25) is 10.1 Å². The zero-order valence-electron chi connectivity index (χ0n) is 13.6. The van der Waals surface area contributed by atoms with Gasteiger partial charge in [0.2, 0.25) is 10.0 Å². The second kappa shape index (κ2) is 6.98. The molecule has 0 aliphatic carbocycles. The third kappa shape index (κ3) is 3.55. The van der Waals surface area contributed by atoms with Gasteiger partial charge in [-0.15, -0.1) is 0 Å². The normalized spacial score (nSPS) is 11.5. The van der Waals surface area contributed by atoms with Gasteiger partial charge >= 0.3 is 0 Å². The van der Waals surface area contributed by atoms with Crippen molar-refractivity contribution in [3.8, 4) is 5.75 Å². The van der Waals surface area contributed by atoms with Gasteiger partial charge in [-0.05, 0) is 30.2 Å². The van der Waals surface area contributed by atoms with Gasteiger partial charge in [0.25, 0.3) is 5.69 Å². The van der Waals surface area contributed by atoms with Crippen molar-refractivity contribution < 1.29 is 18.1 Å². The topological polar surface area (TPSA) is 89.8 Å². The third-order valence-electron chi connectivity index (χ3n) is 3.71. The highest BCUT2D eigenvalue weighted by Crippen LogP contribution is 2.30. The van der Waals surface area contributed by atoms with Gasteiger partial charge in [0.1, 0.15) is 5.75 Å². The number of nitro benzene ring substituents is 1. The van der Waals surface area contributed by atoms with Crippen LogP contribution in [-0.2, 0) is 16.6 Å². The molecule has 2 rings (SSSR count). The van der Waals surface area contributed by atoms with Crippen LogP contribution in [0, 0.1) is 17.0 Å². The Bertz CT molecular complexity index is 865. The Morgan fingerprint density at radius 1 is 1.21 bits per heavy atom. The van der Waals surface area contributed by atoms with E-state index in [-0.39, 0.29) is 17.2 Å². The molecule has 0 N–H and O–H groups in total. The molecule has 0 amide bonds. The Morgan fingerprint density at radius 2 is 1.88 bits per heavy atom. The quantitative estimate of drug-likeness (QED) is 0.590. The van der Waals surface area contributed by atoms with E-state index in [0.717, 1.165) is 21.5 Å². The van der Waals surface area contributed by atoms with Gasteiger partial charge in [-0.2, -0.15) is 4.31 Å². The van der Waals surface area contributed by atoms with Crippen LogP contribution in [0.25, 0.3) is 0 Å². The van der Waals surface area contributed by atoms with Crippen LogP contribution in [0.5, 0.6) is 5.75 Å². The molecule has 7 nitrogen and oxygen atoms in total. The van der Waals surface area contributed by atoms with Crippen LogP contribution in [0.15, 0.2) is 47.4 Å². The number of aryl methyl sites for hydroxylation is 1. The zero-order valence-corrected chi connectivity index (χ0v) is 14.4. The summed E-state index contributed by atoms with van der Waals surface area (Å²) >= 11 is 0. The largest absolute Gasteiger partial charge is 0.497 e. The van der Waals surface area contributed by atoms with Crippen LogP contribution in [0.3, 0.4) is 0 Å².